The van der Waals surface area contributed by atoms with Crippen LogP contribution in [0.2, 0.25) is 5.02 Å². The summed E-state index contributed by atoms with van der Waals surface area (Å²) in [5.74, 6) is -0.529. The predicted molar refractivity (Wildman–Crippen MR) is 79.2 cm³/mol. The van der Waals surface area contributed by atoms with E-state index < -0.39 is 5.97 Å². The highest BCUT2D eigenvalue weighted by atomic mass is 35.5. The number of aromatic nitrogens is 1. The number of aromatic carboxylic acids is 1. The second-order valence-corrected chi connectivity index (χ2v) is 4.86. The Hall–Kier alpha value is -2.27. The normalized spacial score (nSPS) is 10.3. The van der Waals surface area contributed by atoms with Crippen molar-refractivity contribution in [1.82, 2.24) is 4.98 Å². The lowest BCUT2D eigenvalue weighted by atomic mass is 10.2. The van der Waals surface area contributed by atoms with Crippen molar-refractivity contribution in [2.24, 2.45) is 0 Å². The van der Waals surface area contributed by atoms with Crippen LogP contribution in [0.5, 0.6) is 0 Å². The van der Waals surface area contributed by atoms with E-state index in [4.69, 9.17) is 22.4 Å². The summed E-state index contributed by atoms with van der Waals surface area (Å²) in [7, 11) is 1.82. The van der Waals surface area contributed by atoms with E-state index in [1.165, 1.54) is 12.3 Å². The Morgan fingerprint density at radius 2 is 2.20 bits per heavy atom. The molecule has 20 heavy (non-hydrogen) atoms. The molecule has 0 aliphatic carbocycles. The number of rotatable bonds is 4. The Bertz CT molecular complexity index is 646. The number of nitrogens with two attached hydrogens (primary N) is 1. The van der Waals surface area contributed by atoms with Gasteiger partial charge in [-0.05, 0) is 23.8 Å². The Morgan fingerprint density at radius 3 is 2.85 bits per heavy atom. The molecule has 2 aromatic rings. The first kappa shape index (κ1) is 14.1. The molecule has 2 rings (SSSR count). The summed E-state index contributed by atoms with van der Waals surface area (Å²) in [4.78, 5) is 17.0. The first-order chi connectivity index (χ1) is 9.47. The Balaban J connectivity index is 2.23. The van der Waals surface area contributed by atoms with E-state index in [1.807, 2.05) is 30.1 Å². The molecule has 0 saturated heterocycles. The van der Waals surface area contributed by atoms with Crippen molar-refractivity contribution in [3.8, 4) is 0 Å². The smallest absolute Gasteiger partial charge is 0.337 e. The molecule has 1 heterocycles. The second kappa shape index (κ2) is 5.79. The number of hydrogen-bond acceptors (Lipinski definition) is 4. The van der Waals surface area contributed by atoms with Gasteiger partial charge in [0.25, 0.3) is 0 Å². The van der Waals surface area contributed by atoms with Gasteiger partial charge in [0.05, 0.1) is 17.4 Å². The van der Waals surface area contributed by atoms with Gasteiger partial charge in [-0.15, -0.1) is 0 Å². The van der Waals surface area contributed by atoms with Gasteiger partial charge in [-0.3, -0.25) is 0 Å². The summed E-state index contributed by atoms with van der Waals surface area (Å²) in [6.07, 6.45) is 1.35. The van der Waals surface area contributed by atoms with Crippen molar-refractivity contribution in [3.05, 3.63) is 52.7 Å². The highest BCUT2D eigenvalue weighted by Gasteiger charge is 2.12. The van der Waals surface area contributed by atoms with Crippen LogP contribution in [0.1, 0.15) is 15.9 Å². The van der Waals surface area contributed by atoms with Gasteiger partial charge in [0.1, 0.15) is 5.82 Å². The zero-order valence-corrected chi connectivity index (χ0v) is 11.6. The van der Waals surface area contributed by atoms with Gasteiger partial charge in [-0.2, -0.15) is 0 Å². The zero-order valence-electron chi connectivity index (χ0n) is 10.9. The number of pyridine rings is 1. The first-order valence-corrected chi connectivity index (χ1v) is 6.29. The molecule has 0 aliphatic rings. The number of carbonyl (C=O) groups is 1. The Labute approximate surface area is 121 Å². The van der Waals surface area contributed by atoms with Crippen molar-refractivity contribution < 1.29 is 9.90 Å². The minimum Gasteiger partial charge on any atom is -0.478 e. The van der Waals surface area contributed by atoms with Crippen LogP contribution < -0.4 is 10.6 Å². The molecule has 0 unspecified atom stereocenters. The second-order valence-electron chi connectivity index (χ2n) is 4.42. The van der Waals surface area contributed by atoms with Crippen LogP contribution >= 0.6 is 11.6 Å². The van der Waals surface area contributed by atoms with Gasteiger partial charge in [-0.25, -0.2) is 9.78 Å². The zero-order chi connectivity index (χ0) is 14.7. The number of hydrogen-bond donors (Lipinski definition) is 2. The fourth-order valence-corrected chi connectivity index (χ4v) is 2.05. The average Bonchev–Trinajstić information content (AvgIpc) is 2.38. The molecule has 0 atom stereocenters. The molecule has 0 radical (unpaired) electrons. The lowest BCUT2D eigenvalue weighted by Gasteiger charge is -2.19. The van der Waals surface area contributed by atoms with E-state index in [0.717, 1.165) is 5.56 Å². The summed E-state index contributed by atoms with van der Waals surface area (Å²) < 4.78 is 0. The van der Waals surface area contributed by atoms with E-state index >= 15 is 0 Å². The number of carboxylic acids is 1. The SMILES string of the molecule is CN(Cc1cccc(Cl)c1)c1cc(C(=O)O)c(N)cn1. The monoisotopic (exact) mass is 291 g/mol. The van der Waals surface area contributed by atoms with Crippen molar-refractivity contribution in [2.45, 2.75) is 6.54 Å². The van der Waals surface area contributed by atoms with Gasteiger partial charge in [0.2, 0.25) is 0 Å². The van der Waals surface area contributed by atoms with E-state index in [0.29, 0.717) is 17.4 Å². The number of anilines is 2. The Morgan fingerprint density at radius 1 is 1.45 bits per heavy atom. The molecule has 0 fully saturated rings. The maximum Gasteiger partial charge on any atom is 0.337 e. The van der Waals surface area contributed by atoms with Crippen LogP contribution in [0.3, 0.4) is 0 Å². The third-order valence-corrected chi connectivity index (χ3v) is 3.09. The van der Waals surface area contributed by atoms with E-state index in [1.54, 1.807) is 6.07 Å². The average molecular weight is 292 g/mol. The van der Waals surface area contributed by atoms with Crippen LogP contribution in [0.15, 0.2) is 36.5 Å². The van der Waals surface area contributed by atoms with Crippen LogP contribution in [-0.2, 0) is 6.54 Å². The van der Waals surface area contributed by atoms with Crippen LogP contribution in [0.4, 0.5) is 11.5 Å². The van der Waals surface area contributed by atoms with Gasteiger partial charge in [0, 0.05) is 18.6 Å². The molecule has 0 spiro atoms. The van der Waals surface area contributed by atoms with Gasteiger partial charge in [0.15, 0.2) is 0 Å². The molecule has 6 heteroatoms. The summed E-state index contributed by atoms with van der Waals surface area (Å²) >= 11 is 5.93. The summed E-state index contributed by atoms with van der Waals surface area (Å²) in [6, 6.07) is 8.92. The largest absolute Gasteiger partial charge is 0.478 e. The summed E-state index contributed by atoms with van der Waals surface area (Å²) in [5, 5.41) is 9.71. The fraction of sp³-hybridized carbons (Fsp3) is 0.143. The maximum atomic E-state index is 11.1. The molecule has 1 aromatic carbocycles. The standard InChI is InChI=1S/C14H14ClN3O2/c1-18(8-9-3-2-4-10(15)5-9)13-6-11(14(19)20)12(16)7-17-13/h2-7H,8,16H2,1H3,(H,19,20). The van der Waals surface area contributed by atoms with Crippen LogP contribution in [-0.4, -0.2) is 23.1 Å². The number of carboxylic acid groups (broad SMARTS) is 1. The molecule has 5 nitrogen and oxygen atoms in total. The van der Waals surface area contributed by atoms with Crippen LogP contribution in [0.25, 0.3) is 0 Å². The third-order valence-electron chi connectivity index (χ3n) is 2.85. The van der Waals surface area contributed by atoms with E-state index in [9.17, 15) is 4.79 Å². The molecule has 0 amide bonds. The molecule has 1 aromatic heterocycles. The highest BCUT2D eigenvalue weighted by Crippen LogP contribution is 2.20. The minimum absolute atomic E-state index is 0.0490. The first-order valence-electron chi connectivity index (χ1n) is 5.92. The molecule has 0 saturated carbocycles. The van der Waals surface area contributed by atoms with Gasteiger partial charge >= 0.3 is 5.97 Å². The van der Waals surface area contributed by atoms with Crippen molar-refractivity contribution in [2.75, 3.05) is 17.7 Å². The number of nitrogen functional groups attached to an aromatic ring is 1. The maximum absolute atomic E-state index is 11.1. The highest BCUT2D eigenvalue weighted by molar-refractivity contribution is 6.30. The quantitative estimate of drug-likeness (QED) is 0.905. The molecule has 0 bridgehead atoms. The summed E-state index contributed by atoms with van der Waals surface area (Å²) in [6.45, 7) is 0.566. The fourth-order valence-electron chi connectivity index (χ4n) is 1.84. The number of nitrogens with zero attached hydrogens (tertiary/aromatic N) is 2. The van der Waals surface area contributed by atoms with Gasteiger partial charge in [-0.1, -0.05) is 23.7 Å². The molecular weight excluding hydrogens is 278 g/mol. The van der Waals surface area contributed by atoms with Crippen molar-refractivity contribution in [1.29, 1.82) is 0 Å². The van der Waals surface area contributed by atoms with Crippen molar-refractivity contribution >= 4 is 29.1 Å². The van der Waals surface area contributed by atoms with Crippen LogP contribution in [0, 0.1) is 0 Å². The summed E-state index contributed by atoms with van der Waals surface area (Å²) in [5.41, 5.74) is 6.79. The van der Waals surface area contributed by atoms with E-state index in [2.05, 4.69) is 4.98 Å². The lowest BCUT2D eigenvalue weighted by Crippen LogP contribution is -2.18. The molecule has 3 N–H and O–H groups in total. The lowest BCUT2D eigenvalue weighted by molar-refractivity contribution is 0.0698. The molecule has 0 aliphatic heterocycles. The number of benzene rings is 1. The third kappa shape index (κ3) is 3.19. The van der Waals surface area contributed by atoms with Gasteiger partial charge < -0.3 is 15.7 Å². The minimum atomic E-state index is -1.07. The number of halogens is 1. The van der Waals surface area contributed by atoms with E-state index in [-0.39, 0.29) is 11.3 Å². The van der Waals surface area contributed by atoms with Crippen molar-refractivity contribution in [3.63, 3.8) is 0 Å². The topological polar surface area (TPSA) is 79.5 Å². The predicted octanol–water partition coefficient (Wildman–Crippen LogP) is 2.65. The molecule has 104 valence electrons. The molecular formula is C14H14ClN3O2. The Kier molecular flexibility index (Phi) is 4.10.